The van der Waals surface area contributed by atoms with Gasteiger partial charge in [-0.2, -0.15) is 0 Å². The van der Waals surface area contributed by atoms with Crippen molar-refractivity contribution in [3.05, 3.63) is 70.7 Å². The van der Waals surface area contributed by atoms with Gasteiger partial charge in [-0.25, -0.2) is 4.98 Å². The fourth-order valence-electron chi connectivity index (χ4n) is 3.90. The molecule has 1 aromatic heterocycles. The number of hydrogen-bond acceptors (Lipinski definition) is 7. The molecular formula is C27H31NO4S2. The minimum atomic E-state index is -0.629. The maximum Gasteiger partial charge on any atom is 0.185 e. The van der Waals surface area contributed by atoms with Crippen molar-refractivity contribution in [1.82, 2.24) is 4.98 Å². The average Bonchev–Trinajstić information content (AvgIpc) is 3.50. The fourth-order valence-corrected chi connectivity index (χ4v) is 5.86. The molecule has 1 aliphatic heterocycles. The molecule has 0 amide bonds. The van der Waals surface area contributed by atoms with Crippen molar-refractivity contribution in [2.75, 3.05) is 13.7 Å². The number of aromatic nitrogens is 1. The molecule has 3 aromatic rings. The lowest BCUT2D eigenvalue weighted by atomic mass is 9.88. The second kappa shape index (κ2) is 10.6. The Bertz CT molecular complexity index is 1110. The summed E-state index contributed by atoms with van der Waals surface area (Å²) in [6.45, 7) is 8.51. The minimum Gasteiger partial charge on any atom is -0.497 e. The minimum absolute atomic E-state index is 0.117. The molecule has 0 spiro atoms. The van der Waals surface area contributed by atoms with E-state index < -0.39 is 10.7 Å². The number of aryl methyl sites for hydroxylation is 1. The number of ketones is 1. The van der Waals surface area contributed by atoms with Gasteiger partial charge in [-0.3, -0.25) is 4.79 Å². The summed E-state index contributed by atoms with van der Waals surface area (Å²) in [5.74, 6) is 1.20. The van der Waals surface area contributed by atoms with Crippen molar-refractivity contribution in [1.29, 1.82) is 0 Å². The molecule has 1 saturated heterocycles. The van der Waals surface area contributed by atoms with Gasteiger partial charge in [-0.05, 0) is 45.4 Å². The van der Waals surface area contributed by atoms with E-state index in [1.54, 1.807) is 30.2 Å². The van der Waals surface area contributed by atoms with E-state index in [1.807, 2.05) is 82.3 Å². The average molecular weight is 498 g/mol. The topological polar surface area (TPSA) is 61.0 Å². The Hall–Kier alpha value is -2.19. The molecule has 0 radical (unpaired) electrons. The SMILES string of the molecule is CCOC1OC1C(C(=O)C(C)(C)SCc1ccc(OC)cc1)c1nc(-c2ccccc2)sc1C. The zero-order chi connectivity index (χ0) is 24.3. The number of carbonyl (C=O) groups excluding carboxylic acids is 1. The van der Waals surface area contributed by atoms with Crippen LogP contribution in [0.2, 0.25) is 0 Å². The van der Waals surface area contributed by atoms with Crippen LogP contribution in [-0.4, -0.2) is 41.6 Å². The molecule has 180 valence electrons. The van der Waals surface area contributed by atoms with Crippen molar-refractivity contribution in [2.24, 2.45) is 0 Å². The van der Waals surface area contributed by atoms with Gasteiger partial charge in [0.1, 0.15) is 16.9 Å². The van der Waals surface area contributed by atoms with Crippen LogP contribution in [0.25, 0.3) is 10.6 Å². The summed E-state index contributed by atoms with van der Waals surface area (Å²) in [5, 5.41) is 0.920. The highest BCUT2D eigenvalue weighted by molar-refractivity contribution is 8.00. The van der Waals surface area contributed by atoms with Gasteiger partial charge >= 0.3 is 0 Å². The van der Waals surface area contributed by atoms with Gasteiger partial charge in [-0.15, -0.1) is 23.1 Å². The number of rotatable bonds is 11. The standard InChI is InChI=1S/C27H31NO4S2/c1-6-31-26-23(32-26)21(22-17(2)34-25(28-22)19-10-8-7-9-11-19)24(29)27(3,4)33-16-18-12-14-20(30-5)15-13-18/h7-15,21,23,26H,6,16H2,1-5H3. The first-order valence-electron chi connectivity index (χ1n) is 11.4. The highest BCUT2D eigenvalue weighted by Crippen LogP contribution is 2.45. The molecule has 0 saturated carbocycles. The number of carbonyl (C=O) groups is 1. The van der Waals surface area contributed by atoms with E-state index in [0.29, 0.717) is 6.61 Å². The molecular weight excluding hydrogens is 466 g/mol. The third-order valence-corrected chi connectivity index (χ3v) is 8.36. The van der Waals surface area contributed by atoms with E-state index in [0.717, 1.165) is 38.2 Å². The predicted octanol–water partition coefficient (Wildman–Crippen LogP) is 6.25. The summed E-state index contributed by atoms with van der Waals surface area (Å²) in [6, 6.07) is 18.1. The molecule has 4 rings (SSSR count). The van der Waals surface area contributed by atoms with Crippen LogP contribution in [-0.2, 0) is 20.0 Å². The van der Waals surface area contributed by atoms with E-state index in [4.69, 9.17) is 19.2 Å². The van der Waals surface area contributed by atoms with Crippen molar-refractivity contribution in [2.45, 2.75) is 56.5 Å². The molecule has 3 unspecified atom stereocenters. The van der Waals surface area contributed by atoms with Crippen molar-refractivity contribution < 1.29 is 19.0 Å². The highest BCUT2D eigenvalue weighted by atomic mass is 32.2. The summed E-state index contributed by atoms with van der Waals surface area (Å²) < 4.78 is 16.2. The van der Waals surface area contributed by atoms with Crippen molar-refractivity contribution in [3.63, 3.8) is 0 Å². The zero-order valence-corrected chi connectivity index (χ0v) is 21.9. The Kier molecular flexibility index (Phi) is 7.77. The Morgan fingerprint density at radius 3 is 2.53 bits per heavy atom. The molecule has 3 atom stereocenters. The molecule has 1 fully saturated rings. The maximum absolute atomic E-state index is 14.0. The van der Waals surface area contributed by atoms with E-state index in [9.17, 15) is 4.79 Å². The third-order valence-electron chi connectivity index (χ3n) is 5.92. The van der Waals surface area contributed by atoms with Crippen LogP contribution in [0, 0.1) is 6.92 Å². The van der Waals surface area contributed by atoms with Crippen LogP contribution in [0.5, 0.6) is 5.75 Å². The molecule has 2 heterocycles. The normalized spacial score (nSPS) is 18.5. The summed E-state index contributed by atoms with van der Waals surface area (Å²) in [6.07, 6.45) is -0.666. The van der Waals surface area contributed by atoms with Crippen LogP contribution in [0.3, 0.4) is 0 Å². The van der Waals surface area contributed by atoms with Gasteiger partial charge in [0.15, 0.2) is 12.1 Å². The molecule has 2 aromatic carbocycles. The molecule has 7 heteroatoms. The van der Waals surface area contributed by atoms with E-state index in [-0.39, 0.29) is 18.2 Å². The Labute approximate surface area is 209 Å². The zero-order valence-electron chi connectivity index (χ0n) is 20.2. The first-order chi connectivity index (χ1) is 16.3. The molecule has 0 N–H and O–H groups in total. The van der Waals surface area contributed by atoms with Crippen molar-refractivity contribution in [3.8, 4) is 16.3 Å². The number of thiazole rings is 1. The Morgan fingerprint density at radius 1 is 1.18 bits per heavy atom. The number of epoxide rings is 1. The second-order valence-corrected chi connectivity index (χ2v) is 11.5. The summed E-state index contributed by atoms with van der Waals surface area (Å²) in [5.41, 5.74) is 3.01. The maximum atomic E-state index is 14.0. The largest absolute Gasteiger partial charge is 0.497 e. The van der Waals surface area contributed by atoms with Gasteiger partial charge in [0, 0.05) is 22.8 Å². The van der Waals surface area contributed by atoms with E-state index in [2.05, 4.69) is 0 Å². The summed E-state index contributed by atoms with van der Waals surface area (Å²) in [7, 11) is 1.66. The number of ether oxygens (including phenoxy) is 3. The molecule has 1 aliphatic rings. The van der Waals surface area contributed by atoms with E-state index >= 15 is 0 Å². The number of benzene rings is 2. The molecule has 5 nitrogen and oxygen atoms in total. The lowest BCUT2D eigenvalue weighted by molar-refractivity contribution is -0.122. The number of hydrogen-bond donors (Lipinski definition) is 0. The third kappa shape index (κ3) is 5.54. The smallest absolute Gasteiger partial charge is 0.185 e. The number of thioether (sulfide) groups is 1. The molecule has 0 aliphatic carbocycles. The van der Waals surface area contributed by atoms with Gasteiger partial charge < -0.3 is 14.2 Å². The lowest BCUT2D eigenvalue weighted by Crippen LogP contribution is -2.36. The van der Waals surface area contributed by atoms with Crippen LogP contribution in [0.4, 0.5) is 0 Å². The predicted molar refractivity (Wildman–Crippen MR) is 139 cm³/mol. The van der Waals surface area contributed by atoms with Gasteiger partial charge in [0.2, 0.25) is 0 Å². The Morgan fingerprint density at radius 2 is 1.88 bits per heavy atom. The first-order valence-corrected chi connectivity index (χ1v) is 13.2. The number of methoxy groups -OCH3 is 1. The first kappa shape index (κ1) is 24.9. The molecule has 34 heavy (non-hydrogen) atoms. The fraction of sp³-hybridized carbons (Fsp3) is 0.407. The van der Waals surface area contributed by atoms with Crippen molar-refractivity contribution >= 4 is 28.9 Å². The van der Waals surface area contributed by atoms with Gasteiger partial charge in [0.05, 0.1) is 23.5 Å². The quantitative estimate of drug-likeness (QED) is 0.292. The summed E-state index contributed by atoms with van der Waals surface area (Å²) in [4.78, 5) is 20.0. The van der Waals surface area contributed by atoms with Gasteiger partial charge in [0.25, 0.3) is 0 Å². The monoisotopic (exact) mass is 497 g/mol. The van der Waals surface area contributed by atoms with Crippen LogP contribution >= 0.6 is 23.1 Å². The molecule has 0 bridgehead atoms. The van der Waals surface area contributed by atoms with Crippen LogP contribution in [0.15, 0.2) is 54.6 Å². The lowest BCUT2D eigenvalue weighted by Gasteiger charge is -2.27. The second-order valence-electron chi connectivity index (χ2n) is 8.74. The van der Waals surface area contributed by atoms with E-state index in [1.165, 1.54) is 0 Å². The van der Waals surface area contributed by atoms with Gasteiger partial charge in [-0.1, -0.05) is 42.5 Å². The number of Topliss-reactive ketones (excluding diaryl/α,β-unsaturated/α-hetero) is 1. The Balaban J connectivity index is 1.58. The number of nitrogens with zero attached hydrogens (tertiary/aromatic N) is 1. The van der Waals surface area contributed by atoms with Crippen LogP contribution < -0.4 is 4.74 Å². The van der Waals surface area contributed by atoms with Crippen LogP contribution in [0.1, 0.15) is 42.8 Å². The summed E-state index contributed by atoms with van der Waals surface area (Å²) >= 11 is 3.25. The highest BCUT2D eigenvalue weighted by Gasteiger charge is 2.53.